The molecule has 0 aliphatic heterocycles. The fraction of sp³-hybridized carbons (Fsp3) is 0.375. The van der Waals surface area contributed by atoms with Crippen LogP contribution in [0.3, 0.4) is 0 Å². The number of hydrogen-bond donors (Lipinski definition) is 2. The SMILES string of the molecule is C[C-]1C=CC(N)=C(N)CC1.[Rh]. The second kappa shape index (κ2) is 4.45. The Kier molecular flexibility index (Phi) is 4.28. The molecule has 0 spiro atoms. The van der Waals surface area contributed by atoms with E-state index in [0.29, 0.717) is 0 Å². The molecule has 3 heteroatoms. The van der Waals surface area contributed by atoms with Gasteiger partial charge in [-0.15, -0.1) is 6.92 Å². The van der Waals surface area contributed by atoms with Crippen molar-refractivity contribution in [2.24, 2.45) is 11.5 Å². The van der Waals surface area contributed by atoms with Gasteiger partial charge < -0.3 is 11.5 Å². The Bertz CT molecular complexity index is 185. The Morgan fingerprint density at radius 3 is 2.73 bits per heavy atom. The van der Waals surface area contributed by atoms with Gasteiger partial charge in [0.05, 0.1) is 0 Å². The van der Waals surface area contributed by atoms with Gasteiger partial charge in [0.15, 0.2) is 0 Å². The molecule has 0 aromatic carbocycles. The molecule has 0 aromatic rings. The maximum atomic E-state index is 5.63. The van der Waals surface area contributed by atoms with Crippen LogP contribution in [0.4, 0.5) is 0 Å². The zero-order chi connectivity index (χ0) is 7.56. The standard InChI is InChI=1S/C8H13N2.Rh/c1-6-2-4-7(9)8(10)5-3-6;/h2,4H,3,5,9-10H2,1H3;/q-1;. The van der Waals surface area contributed by atoms with Gasteiger partial charge >= 0.3 is 0 Å². The van der Waals surface area contributed by atoms with Crippen LogP contribution >= 0.6 is 0 Å². The molecule has 0 aromatic heterocycles. The summed E-state index contributed by atoms with van der Waals surface area (Å²) in [6, 6.07) is 0. The van der Waals surface area contributed by atoms with E-state index in [1.165, 1.54) is 5.92 Å². The van der Waals surface area contributed by atoms with E-state index in [0.717, 1.165) is 24.2 Å². The number of allylic oxidation sites excluding steroid dienone is 3. The molecule has 0 saturated heterocycles. The average Bonchev–Trinajstić information content (AvgIpc) is 2.04. The van der Waals surface area contributed by atoms with Crippen LogP contribution in [0.25, 0.3) is 0 Å². The maximum absolute atomic E-state index is 5.63. The Balaban J connectivity index is 0.000001000. The summed E-state index contributed by atoms with van der Waals surface area (Å²) < 4.78 is 0. The van der Waals surface area contributed by atoms with Crippen LogP contribution < -0.4 is 11.5 Å². The van der Waals surface area contributed by atoms with Crippen molar-refractivity contribution in [2.75, 3.05) is 0 Å². The molecule has 65 valence electrons. The van der Waals surface area contributed by atoms with Crippen molar-refractivity contribution in [2.45, 2.75) is 19.8 Å². The Morgan fingerprint density at radius 2 is 2.09 bits per heavy atom. The summed E-state index contributed by atoms with van der Waals surface area (Å²) in [4.78, 5) is 0. The van der Waals surface area contributed by atoms with E-state index in [2.05, 4.69) is 6.92 Å². The normalized spacial score (nSPS) is 17.7. The molecular weight excluding hydrogens is 227 g/mol. The molecular formula is C8H13N2Rh-. The monoisotopic (exact) mass is 240 g/mol. The van der Waals surface area contributed by atoms with Gasteiger partial charge in [-0.1, -0.05) is 6.42 Å². The second-order valence-corrected chi connectivity index (χ2v) is 2.66. The summed E-state index contributed by atoms with van der Waals surface area (Å²) >= 11 is 0. The van der Waals surface area contributed by atoms with Gasteiger partial charge in [0, 0.05) is 25.2 Å². The third-order valence-corrected chi connectivity index (χ3v) is 1.71. The number of hydrogen-bond acceptors (Lipinski definition) is 2. The van der Waals surface area contributed by atoms with Gasteiger partial charge in [0.2, 0.25) is 0 Å². The minimum absolute atomic E-state index is 0. The molecule has 0 amide bonds. The zero-order valence-corrected chi connectivity index (χ0v) is 8.20. The van der Waals surface area contributed by atoms with Gasteiger partial charge in [-0.3, -0.25) is 0 Å². The maximum Gasteiger partial charge on any atom is 0.0115 e. The zero-order valence-electron chi connectivity index (χ0n) is 6.56. The summed E-state index contributed by atoms with van der Waals surface area (Å²) in [6.45, 7) is 2.09. The number of nitrogens with two attached hydrogens (primary N) is 2. The fourth-order valence-electron chi connectivity index (χ4n) is 0.899. The summed E-state index contributed by atoms with van der Waals surface area (Å²) in [7, 11) is 0. The molecule has 0 unspecified atom stereocenters. The van der Waals surface area contributed by atoms with Crippen molar-refractivity contribution < 1.29 is 19.5 Å². The van der Waals surface area contributed by atoms with E-state index in [4.69, 9.17) is 11.5 Å². The predicted octanol–water partition coefficient (Wildman–Crippen LogP) is 1.06. The largest absolute Gasteiger partial charge is 0.412 e. The van der Waals surface area contributed by atoms with Crippen molar-refractivity contribution >= 4 is 0 Å². The smallest absolute Gasteiger partial charge is 0.0115 e. The minimum atomic E-state index is 0. The Labute approximate surface area is 80.5 Å². The molecule has 0 bridgehead atoms. The van der Waals surface area contributed by atoms with E-state index in [1.807, 2.05) is 12.2 Å². The van der Waals surface area contributed by atoms with E-state index in [9.17, 15) is 0 Å². The first-order chi connectivity index (χ1) is 4.70. The van der Waals surface area contributed by atoms with Crippen molar-refractivity contribution in [3.8, 4) is 0 Å². The quantitative estimate of drug-likeness (QED) is 0.491. The third kappa shape index (κ3) is 2.98. The van der Waals surface area contributed by atoms with Gasteiger partial charge in [0.1, 0.15) is 0 Å². The minimum Gasteiger partial charge on any atom is -0.412 e. The van der Waals surface area contributed by atoms with Crippen LogP contribution in [0.5, 0.6) is 0 Å². The molecule has 1 aliphatic carbocycles. The van der Waals surface area contributed by atoms with Crippen LogP contribution in [0.2, 0.25) is 0 Å². The predicted molar refractivity (Wildman–Crippen MR) is 42.7 cm³/mol. The van der Waals surface area contributed by atoms with Gasteiger partial charge in [-0.05, 0) is 12.1 Å². The van der Waals surface area contributed by atoms with Crippen molar-refractivity contribution in [1.82, 2.24) is 0 Å². The first-order valence-corrected chi connectivity index (χ1v) is 3.45. The van der Waals surface area contributed by atoms with Gasteiger partial charge in [-0.2, -0.15) is 6.08 Å². The van der Waals surface area contributed by atoms with Gasteiger partial charge in [0.25, 0.3) is 0 Å². The summed E-state index contributed by atoms with van der Waals surface area (Å²) in [6.07, 6.45) is 5.82. The van der Waals surface area contributed by atoms with Crippen LogP contribution in [-0.2, 0) is 19.5 Å². The second-order valence-electron chi connectivity index (χ2n) is 2.66. The molecule has 1 rings (SSSR count). The van der Waals surface area contributed by atoms with E-state index in [-0.39, 0.29) is 19.5 Å². The first kappa shape index (κ1) is 10.6. The molecule has 4 N–H and O–H groups in total. The van der Waals surface area contributed by atoms with Crippen LogP contribution in [-0.4, -0.2) is 0 Å². The molecule has 0 atom stereocenters. The molecule has 0 fully saturated rings. The molecule has 0 heterocycles. The molecule has 1 aliphatic rings. The molecule has 11 heavy (non-hydrogen) atoms. The molecule has 0 saturated carbocycles. The summed E-state index contributed by atoms with van der Waals surface area (Å²) in [5.41, 5.74) is 12.8. The Morgan fingerprint density at radius 1 is 1.45 bits per heavy atom. The van der Waals surface area contributed by atoms with Crippen LogP contribution in [0, 0.1) is 5.92 Å². The van der Waals surface area contributed by atoms with Crippen molar-refractivity contribution in [1.29, 1.82) is 0 Å². The summed E-state index contributed by atoms with van der Waals surface area (Å²) in [5.74, 6) is 1.34. The van der Waals surface area contributed by atoms with E-state index < -0.39 is 0 Å². The van der Waals surface area contributed by atoms with Crippen molar-refractivity contribution in [3.63, 3.8) is 0 Å². The fourth-order valence-corrected chi connectivity index (χ4v) is 0.899. The van der Waals surface area contributed by atoms with Crippen LogP contribution in [0.1, 0.15) is 19.8 Å². The molecule has 2 nitrogen and oxygen atoms in total. The average molecular weight is 240 g/mol. The van der Waals surface area contributed by atoms with Crippen molar-refractivity contribution in [3.05, 3.63) is 29.5 Å². The topological polar surface area (TPSA) is 52.0 Å². The van der Waals surface area contributed by atoms with Crippen LogP contribution in [0.15, 0.2) is 23.5 Å². The Hall–Kier alpha value is -0.427. The van der Waals surface area contributed by atoms with Gasteiger partial charge in [-0.25, -0.2) is 12.0 Å². The van der Waals surface area contributed by atoms with E-state index >= 15 is 0 Å². The van der Waals surface area contributed by atoms with E-state index in [1.54, 1.807) is 0 Å². The molecule has 1 radical (unpaired) electrons. The first-order valence-electron chi connectivity index (χ1n) is 3.45. The third-order valence-electron chi connectivity index (χ3n) is 1.71. The summed E-state index contributed by atoms with van der Waals surface area (Å²) in [5, 5.41) is 0. The number of rotatable bonds is 0.